The number of aliphatic hydroxyl groups is 1. The maximum absolute atomic E-state index is 9.91. The molecule has 3 N–H and O–H groups in total. The highest BCUT2D eigenvalue weighted by molar-refractivity contribution is 4.98. The van der Waals surface area contributed by atoms with Crippen LogP contribution in [0.5, 0.6) is 0 Å². The van der Waals surface area contributed by atoms with Gasteiger partial charge in [-0.25, -0.2) is 0 Å². The number of rotatable bonds is 2. The average Bonchev–Trinajstić information content (AvgIpc) is 2.13. The van der Waals surface area contributed by atoms with Crippen LogP contribution in [0.1, 0.15) is 39.0 Å². The van der Waals surface area contributed by atoms with Crippen LogP contribution in [-0.2, 0) is 0 Å². The van der Waals surface area contributed by atoms with Gasteiger partial charge in [0.25, 0.3) is 0 Å². The van der Waals surface area contributed by atoms with E-state index in [2.05, 4.69) is 11.8 Å². The monoisotopic (exact) mass is 198 g/mol. The first-order valence-corrected chi connectivity index (χ1v) is 5.85. The van der Waals surface area contributed by atoms with Crippen LogP contribution in [0.3, 0.4) is 0 Å². The zero-order chi connectivity index (χ0) is 10.2. The molecule has 0 radical (unpaired) electrons. The topological polar surface area (TPSA) is 49.5 Å². The first-order valence-electron chi connectivity index (χ1n) is 5.85. The molecule has 2 unspecified atom stereocenters. The molecule has 14 heavy (non-hydrogen) atoms. The third-order valence-electron chi connectivity index (χ3n) is 3.86. The quantitative estimate of drug-likeness (QED) is 0.687. The molecule has 82 valence electrons. The Morgan fingerprint density at radius 1 is 1.43 bits per heavy atom. The second kappa shape index (κ2) is 3.80. The molecule has 0 aromatic rings. The molecule has 1 saturated carbocycles. The lowest BCUT2D eigenvalue weighted by molar-refractivity contribution is -0.122. The molecule has 1 heterocycles. The fraction of sp³-hybridized carbons (Fsp3) is 1.00. The van der Waals surface area contributed by atoms with E-state index >= 15 is 0 Å². The summed E-state index contributed by atoms with van der Waals surface area (Å²) in [6.07, 6.45) is 5.71. The molecule has 1 aliphatic heterocycles. The number of hydrogen-bond donors (Lipinski definition) is 2. The van der Waals surface area contributed by atoms with Gasteiger partial charge in [-0.1, -0.05) is 13.3 Å². The molecule has 2 aliphatic rings. The molecule has 2 fully saturated rings. The first kappa shape index (κ1) is 10.4. The summed E-state index contributed by atoms with van der Waals surface area (Å²) in [5.74, 6) is 0. The van der Waals surface area contributed by atoms with Gasteiger partial charge in [-0.05, 0) is 25.7 Å². The zero-order valence-electron chi connectivity index (χ0n) is 9.08. The van der Waals surface area contributed by atoms with Gasteiger partial charge in [0.2, 0.25) is 0 Å². The van der Waals surface area contributed by atoms with Crippen molar-refractivity contribution in [2.45, 2.75) is 56.7 Å². The fourth-order valence-electron chi connectivity index (χ4n) is 2.72. The van der Waals surface area contributed by atoms with Crippen molar-refractivity contribution in [2.24, 2.45) is 5.73 Å². The Morgan fingerprint density at radius 2 is 2.14 bits per heavy atom. The van der Waals surface area contributed by atoms with Gasteiger partial charge in [-0.3, -0.25) is 4.90 Å². The minimum atomic E-state index is -0.387. The predicted octanol–water partition coefficient (Wildman–Crippen LogP) is 0.713. The third-order valence-corrected chi connectivity index (χ3v) is 3.86. The van der Waals surface area contributed by atoms with E-state index in [1.54, 1.807) is 0 Å². The Morgan fingerprint density at radius 3 is 2.71 bits per heavy atom. The summed E-state index contributed by atoms with van der Waals surface area (Å²) in [5.41, 5.74) is 5.57. The van der Waals surface area contributed by atoms with Crippen molar-refractivity contribution in [1.82, 2.24) is 4.90 Å². The van der Waals surface area contributed by atoms with Crippen molar-refractivity contribution in [3.05, 3.63) is 0 Å². The minimum absolute atomic E-state index is 0.387. The molecule has 0 spiro atoms. The molecule has 0 amide bonds. The third kappa shape index (κ3) is 1.95. The van der Waals surface area contributed by atoms with Crippen LogP contribution in [0.4, 0.5) is 0 Å². The Kier molecular flexibility index (Phi) is 2.82. The largest absolute Gasteiger partial charge is 0.387 e. The summed E-state index contributed by atoms with van der Waals surface area (Å²) < 4.78 is 0. The van der Waals surface area contributed by atoms with E-state index in [0.29, 0.717) is 12.1 Å². The van der Waals surface area contributed by atoms with Crippen LogP contribution in [0.25, 0.3) is 0 Å². The summed E-state index contributed by atoms with van der Waals surface area (Å²) in [6.45, 7) is 3.78. The number of hydrogen-bond acceptors (Lipinski definition) is 3. The van der Waals surface area contributed by atoms with Gasteiger partial charge in [-0.2, -0.15) is 0 Å². The molecule has 2 rings (SSSR count). The molecular weight excluding hydrogens is 176 g/mol. The lowest BCUT2D eigenvalue weighted by Gasteiger charge is -2.51. The number of likely N-dealkylation sites (tertiary alicyclic amines) is 1. The Balaban J connectivity index is 1.81. The van der Waals surface area contributed by atoms with Crippen molar-refractivity contribution in [1.29, 1.82) is 0 Å². The van der Waals surface area contributed by atoms with E-state index < -0.39 is 0 Å². The van der Waals surface area contributed by atoms with Gasteiger partial charge in [0, 0.05) is 25.2 Å². The van der Waals surface area contributed by atoms with Crippen molar-refractivity contribution in [3.8, 4) is 0 Å². The molecule has 3 heteroatoms. The van der Waals surface area contributed by atoms with Gasteiger partial charge in [0.05, 0.1) is 5.60 Å². The lowest BCUT2D eigenvalue weighted by Crippen LogP contribution is -2.65. The molecule has 1 aliphatic carbocycles. The van der Waals surface area contributed by atoms with Crippen molar-refractivity contribution >= 4 is 0 Å². The highest BCUT2D eigenvalue weighted by atomic mass is 16.3. The standard InChI is InChI=1S/C11H22N2O/c1-2-11(14)7-13(8-11)10-5-3-4-9(12)6-10/h9-10,14H,2-8,12H2,1H3. The van der Waals surface area contributed by atoms with Crippen molar-refractivity contribution < 1.29 is 5.11 Å². The van der Waals surface area contributed by atoms with Crippen LogP contribution in [0, 0.1) is 0 Å². The van der Waals surface area contributed by atoms with Crippen LogP contribution in [-0.4, -0.2) is 40.8 Å². The SMILES string of the molecule is CCC1(O)CN(C2CCCC(N)C2)C1. The fourth-order valence-corrected chi connectivity index (χ4v) is 2.72. The normalized spacial score (nSPS) is 37.9. The second-order valence-corrected chi connectivity index (χ2v) is 5.06. The van der Waals surface area contributed by atoms with Crippen LogP contribution < -0.4 is 5.73 Å². The maximum Gasteiger partial charge on any atom is 0.0897 e. The average molecular weight is 198 g/mol. The Labute approximate surface area is 86.3 Å². The van der Waals surface area contributed by atoms with E-state index in [4.69, 9.17) is 5.73 Å². The lowest BCUT2D eigenvalue weighted by atomic mass is 9.84. The Bertz CT molecular complexity index is 201. The van der Waals surface area contributed by atoms with E-state index in [-0.39, 0.29) is 5.60 Å². The molecule has 0 bridgehead atoms. The molecular formula is C11H22N2O. The molecule has 1 saturated heterocycles. The van der Waals surface area contributed by atoms with E-state index in [0.717, 1.165) is 25.9 Å². The zero-order valence-corrected chi connectivity index (χ0v) is 9.08. The number of β-amino-alcohol motifs (C(OH)–C–C–N with tert-alkyl or cyclic N) is 1. The Hall–Kier alpha value is -0.120. The van der Waals surface area contributed by atoms with E-state index in [9.17, 15) is 5.11 Å². The number of nitrogens with zero attached hydrogens (tertiary/aromatic N) is 1. The second-order valence-electron chi connectivity index (χ2n) is 5.06. The molecule has 3 nitrogen and oxygen atoms in total. The van der Waals surface area contributed by atoms with Gasteiger partial charge in [-0.15, -0.1) is 0 Å². The predicted molar refractivity (Wildman–Crippen MR) is 57.0 cm³/mol. The van der Waals surface area contributed by atoms with Gasteiger partial charge >= 0.3 is 0 Å². The highest BCUT2D eigenvalue weighted by Gasteiger charge is 2.43. The summed E-state index contributed by atoms with van der Waals surface area (Å²) in [5, 5.41) is 9.91. The molecule has 0 aromatic carbocycles. The van der Waals surface area contributed by atoms with E-state index in [1.165, 1.54) is 19.3 Å². The first-order chi connectivity index (χ1) is 6.63. The van der Waals surface area contributed by atoms with Crippen molar-refractivity contribution in [2.75, 3.05) is 13.1 Å². The number of nitrogens with two attached hydrogens (primary N) is 1. The van der Waals surface area contributed by atoms with Gasteiger partial charge < -0.3 is 10.8 Å². The molecule has 0 aromatic heterocycles. The van der Waals surface area contributed by atoms with Crippen LogP contribution in [0.15, 0.2) is 0 Å². The van der Waals surface area contributed by atoms with Gasteiger partial charge in [0.15, 0.2) is 0 Å². The van der Waals surface area contributed by atoms with E-state index in [1.807, 2.05) is 0 Å². The highest BCUT2D eigenvalue weighted by Crippen LogP contribution is 2.31. The smallest absolute Gasteiger partial charge is 0.0897 e. The maximum atomic E-state index is 9.91. The minimum Gasteiger partial charge on any atom is -0.387 e. The van der Waals surface area contributed by atoms with Crippen LogP contribution >= 0.6 is 0 Å². The van der Waals surface area contributed by atoms with Crippen LogP contribution in [0.2, 0.25) is 0 Å². The summed E-state index contributed by atoms with van der Waals surface area (Å²) in [7, 11) is 0. The van der Waals surface area contributed by atoms with Crippen molar-refractivity contribution in [3.63, 3.8) is 0 Å². The molecule has 2 atom stereocenters. The summed E-state index contributed by atoms with van der Waals surface area (Å²) >= 11 is 0. The van der Waals surface area contributed by atoms with Gasteiger partial charge in [0.1, 0.15) is 0 Å². The summed E-state index contributed by atoms with van der Waals surface area (Å²) in [4.78, 5) is 2.41. The summed E-state index contributed by atoms with van der Waals surface area (Å²) in [6, 6.07) is 1.04.